The molecule has 3 rings (SSSR count). The summed E-state index contributed by atoms with van der Waals surface area (Å²) in [4.78, 5) is 14.7. The van der Waals surface area contributed by atoms with Gasteiger partial charge in [-0.05, 0) is 37.1 Å². The summed E-state index contributed by atoms with van der Waals surface area (Å²) in [6, 6.07) is 13.0. The van der Waals surface area contributed by atoms with Crippen LogP contribution in [-0.4, -0.2) is 18.5 Å². The van der Waals surface area contributed by atoms with Crippen LogP contribution in [0, 0.1) is 0 Å². The Balaban J connectivity index is 1.79. The van der Waals surface area contributed by atoms with Crippen molar-refractivity contribution in [2.45, 2.75) is 19.4 Å². The number of nitrogens with one attached hydrogen (secondary N) is 1. The minimum Gasteiger partial charge on any atom is -0.359 e. The highest BCUT2D eigenvalue weighted by molar-refractivity contribution is 6.39. The largest absolute Gasteiger partial charge is 0.359 e. The monoisotopic (exact) mass is 334 g/mol. The van der Waals surface area contributed by atoms with E-state index in [1.54, 1.807) is 18.2 Å². The van der Waals surface area contributed by atoms with Crippen LogP contribution in [0.2, 0.25) is 10.0 Å². The van der Waals surface area contributed by atoms with Crippen LogP contribution in [0.4, 0.5) is 11.4 Å². The Morgan fingerprint density at radius 1 is 1.14 bits per heavy atom. The van der Waals surface area contributed by atoms with Crippen molar-refractivity contribution in [2.24, 2.45) is 0 Å². The first-order valence-electron chi connectivity index (χ1n) is 7.17. The fourth-order valence-electron chi connectivity index (χ4n) is 2.75. The molecule has 2 aromatic carbocycles. The van der Waals surface area contributed by atoms with Gasteiger partial charge in [0.15, 0.2) is 0 Å². The topological polar surface area (TPSA) is 32.3 Å². The van der Waals surface area contributed by atoms with Crippen LogP contribution in [0.1, 0.15) is 12.5 Å². The molecule has 1 atom stereocenters. The van der Waals surface area contributed by atoms with Crippen LogP contribution >= 0.6 is 23.2 Å². The Hall–Kier alpha value is -1.71. The van der Waals surface area contributed by atoms with Crippen molar-refractivity contribution in [3.8, 4) is 0 Å². The number of nitrogens with zero attached hydrogens (tertiary/aromatic N) is 1. The molecule has 0 aliphatic carbocycles. The number of carbonyl (C=O) groups excluding carboxylic acids is 1. The second kappa shape index (κ2) is 6.19. The highest BCUT2D eigenvalue weighted by Crippen LogP contribution is 2.32. The Morgan fingerprint density at radius 2 is 1.82 bits per heavy atom. The first-order chi connectivity index (χ1) is 10.6. The molecule has 0 unspecified atom stereocenters. The minimum absolute atomic E-state index is 0.119. The van der Waals surface area contributed by atoms with Gasteiger partial charge in [-0.25, -0.2) is 0 Å². The van der Waals surface area contributed by atoms with Crippen LogP contribution in [0.15, 0.2) is 42.5 Å². The van der Waals surface area contributed by atoms with Crippen LogP contribution in [0.5, 0.6) is 0 Å². The Kier molecular flexibility index (Phi) is 4.27. The van der Waals surface area contributed by atoms with Crippen molar-refractivity contribution in [1.82, 2.24) is 0 Å². The van der Waals surface area contributed by atoms with Crippen molar-refractivity contribution >= 4 is 40.5 Å². The summed E-state index contributed by atoms with van der Waals surface area (Å²) in [6.45, 7) is 2.73. The maximum Gasteiger partial charge on any atom is 0.246 e. The van der Waals surface area contributed by atoms with Gasteiger partial charge in [0, 0.05) is 12.2 Å². The highest BCUT2D eigenvalue weighted by Gasteiger charge is 2.28. The van der Waals surface area contributed by atoms with E-state index in [0.29, 0.717) is 15.7 Å². The SMILES string of the molecule is C[C@H](C(=O)Nc1c(Cl)cccc1Cl)N1CCc2ccccc21. The molecule has 0 radical (unpaired) electrons. The summed E-state index contributed by atoms with van der Waals surface area (Å²) >= 11 is 12.2. The molecule has 1 aliphatic rings. The average Bonchev–Trinajstić information content (AvgIpc) is 2.94. The van der Waals surface area contributed by atoms with Gasteiger partial charge in [0.2, 0.25) is 5.91 Å². The van der Waals surface area contributed by atoms with Gasteiger partial charge >= 0.3 is 0 Å². The minimum atomic E-state index is -0.295. The molecule has 5 heteroatoms. The van der Waals surface area contributed by atoms with Crippen LogP contribution in [-0.2, 0) is 11.2 Å². The predicted molar refractivity (Wildman–Crippen MR) is 92.0 cm³/mol. The molecule has 3 nitrogen and oxygen atoms in total. The van der Waals surface area contributed by atoms with Gasteiger partial charge in [-0.2, -0.15) is 0 Å². The molecule has 1 amide bonds. The number of hydrogen-bond donors (Lipinski definition) is 1. The van der Waals surface area contributed by atoms with E-state index < -0.39 is 0 Å². The Labute approximate surface area is 139 Å². The number of fused-ring (bicyclic) bond motifs is 1. The van der Waals surface area contributed by atoms with Crippen molar-refractivity contribution in [3.63, 3.8) is 0 Å². The maximum absolute atomic E-state index is 12.5. The summed E-state index contributed by atoms with van der Waals surface area (Å²) in [5.74, 6) is -0.119. The summed E-state index contributed by atoms with van der Waals surface area (Å²) in [6.07, 6.45) is 0.959. The van der Waals surface area contributed by atoms with E-state index in [-0.39, 0.29) is 11.9 Å². The van der Waals surface area contributed by atoms with Gasteiger partial charge in [0.1, 0.15) is 6.04 Å². The number of anilines is 2. The van der Waals surface area contributed by atoms with E-state index in [0.717, 1.165) is 18.7 Å². The quantitative estimate of drug-likeness (QED) is 0.903. The summed E-state index contributed by atoms with van der Waals surface area (Å²) in [7, 11) is 0. The van der Waals surface area contributed by atoms with Crippen molar-refractivity contribution in [1.29, 1.82) is 0 Å². The first-order valence-corrected chi connectivity index (χ1v) is 7.93. The molecule has 114 valence electrons. The standard InChI is InChI=1S/C17H16Cl2N2O/c1-11(21-10-9-12-5-2-3-8-15(12)21)17(22)20-16-13(18)6-4-7-14(16)19/h2-8,11H,9-10H2,1H3,(H,20,22)/t11-/m1/s1. The zero-order valence-corrected chi connectivity index (χ0v) is 13.7. The third-order valence-electron chi connectivity index (χ3n) is 3.98. The van der Waals surface area contributed by atoms with E-state index in [9.17, 15) is 4.79 Å². The lowest BCUT2D eigenvalue weighted by atomic mass is 10.1. The lowest BCUT2D eigenvalue weighted by Crippen LogP contribution is -2.41. The summed E-state index contributed by atoms with van der Waals surface area (Å²) in [5.41, 5.74) is 2.86. The molecule has 1 heterocycles. The molecule has 1 aliphatic heterocycles. The molecule has 0 saturated carbocycles. The molecule has 0 fully saturated rings. The second-order valence-electron chi connectivity index (χ2n) is 5.33. The third-order valence-corrected chi connectivity index (χ3v) is 4.61. The number of hydrogen-bond acceptors (Lipinski definition) is 2. The normalized spacial score (nSPS) is 14.6. The molecular formula is C17H16Cl2N2O. The predicted octanol–water partition coefficient (Wildman–Crippen LogP) is 4.38. The number of rotatable bonds is 3. The fraction of sp³-hybridized carbons (Fsp3) is 0.235. The number of benzene rings is 2. The van der Waals surface area contributed by atoms with Crippen LogP contribution in [0.3, 0.4) is 0 Å². The summed E-state index contributed by atoms with van der Waals surface area (Å²) < 4.78 is 0. The number of halogens is 2. The number of para-hydroxylation sites is 2. The van der Waals surface area contributed by atoms with E-state index in [1.807, 2.05) is 19.1 Å². The molecule has 2 aromatic rings. The van der Waals surface area contributed by atoms with Gasteiger partial charge in [-0.1, -0.05) is 47.5 Å². The van der Waals surface area contributed by atoms with Gasteiger partial charge in [0.25, 0.3) is 0 Å². The van der Waals surface area contributed by atoms with Crippen molar-refractivity contribution in [3.05, 3.63) is 58.1 Å². The van der Waals surface area contributed by atoms with E-state index >= 15 is 0 Å². The zero-order valence-electron chi connectivity index (χ0n) is 12.1. The van der Waals surface area contributed by atoms with Gasteiger partial charge in [0.05, 0.1) is 15.7 Å². The smallest absolute Gasteiger partial charge is 0.246 e. The average molecular weight is 335 g/mol. The van der Waals surface area contributed by atoms with E-state index in [1.165, 1.54) is 5.56 Å². The molecule has 0 aromatic heterocycles. The Bertz CT molecular complexity index is 697. The fourth-order valence-corrected chi connectivity index (χ4v) is 3.24. The maximum atomic E-state index is 12.5. The van der Waals surface area contributed by atoms with Crippen LogP contribution < -0.4 is 10.2 Å². The van der Waals surface area contributed by atoms with Crippen molar-refractivity contribution in [2.75, 3.05) is 16.8 Å². The Morgan fingerprint density at radius 3 is 2.55 bits per heavy atom. The van der Waals surface area contributed by atoms with Crippen LogP contribution in [0.25, 0.3) is 0 Å². The molecule has 1 N–H and O–H groups in total. The molecule has 0 spiro atoms. The first kappa shape index (κ1) is 15.2. The molecule has 0 saturated heterocycles. The number of amides is 1. The lowest BCUT2D eigenvalue weighted by Gasteiger charge is -2.26. The summed E-state index contributed by atoms with van der Waals surface area (Å²) in [5, 5.41) is 3.72. The number of carbonyl (C=O) groups is 1. The zero-order chi connectivity index (χ0) is 15.7. The molecule has 22 heavy (non-hydrogen) atoms. The molecule has 0 bridgehead atoms. The van der Waals surface area contributed by atoms with Gasteiger partial charge in [-0.15, -0.1) is 0 Å². The van der Waals surface area contributed by atoms with Gasteiger partial charge < -0.3 is 10.2 Å². The second-order valence-corrected chi connectivity index (χ2v) is 6.15. The molecular weight excluding hydrogens is 319 g/mol. The highest BCUT2D eigenvalue weighted by atomic mass is 35.5. The third kappa shape index (κ3) is 2.79. The van der Waals surface area contributed by atoms with Gasteiger partial charge in [-0.3, -0.25) is 4.79 Å². The van der Waals surface area contributed by atoms with Crippen molar-refractivity contribution < 1.29 is 4.79 Å². The van der Waals surface area contributed by atoms with E-state index in [4.69, 9.17) is 23.2 Å². The lowest BCUT2D eigenvalue weighted by molar-refractivity contribution is -0.117. The van der Waals surface area contributed by atoms with E-state index in [2.05, 4.69) is 22.3 Å².